The lowest BCUT2D eigenvalue weighted by Crippen LogP contribution is -2.40. The molecule has 3 unspecified atom stereocenters. The predicted octanol–water partition coefficient (Wildman–Crippen LogP) is 5.19. The van der Waals surface area contributed by atoms with Gasteiger partial charge < -0.3 is 15.0 Å². The van der Waals surface area contributed by atoms with E-state index in [-0.39, 0.29) is 24.3 Å². The molecule has 1 saturated carbocycles. The molecule has 0 spiro atoms. The Kier molecular flexibility index (Phi) is 8.94. The zero-order valence-corrected chi connectivity index (χ0v) is 24.3. The second-order valence-corrected chi connectivity index (χ2v) is 12.3. The van der Waals surface area contributed by atoms with Gasteiger partial charge in [-0.25, -0.2) is 0 Å². The first-order valence-corrected chi connectivity index (χ1v) is 15.4. The number of carbonyl (C=O) groups is 2. The van der Waals surface area contributed by atoms with Crippen molar-refractivity contribution in [1.29, 1.82) is 0 Å². The van der Waals surface area contributed by atoms with Crippen molar-refractivity contribution >= 4 is 66.3 Å². The molecule has 3 aromatic rings. The van der Waals surface area contributed by atoms with Crippen molar-refractivity contribution in [2.75, 3.05) is 24.7 Å². The van der Waals surface area contributed by atoms with E-state index >= 15 is 0 Å². The minimum atomic E-state index is -0.349. The average Bonchev–Trinajstić information content (AvgIpc) is 3.55. The first kappa shape index (κ1) is 27.4. The highest BCUT2D eigenvalue weighted by Crippen LogP contribution is 2.30. The van der Waals surface area contributed by atoms with Crippen LogP contribution in [0.2, 0.25) is 5.02 Å². The maximum Gasteiger partial charge on any atom is 0.276 e. The van der Waals surface area contributed by atoms with Gasteiger partial charge in [-0.15, -0.1) is 9.24 Å². The van der Waals surface area contributed by atoms with Crippen LogP contribution < -0.4 is 10.6 Å². The molecule has 7 nitrogen and oxygen atoms in total. The lowest BCUT2D eigenvalue weighted by molar-refractivity contribution is -0.133. The third-order valence-corrected chi connectivity index (χ3v) is 9.47. The Morgan fingerprint density at radius 2 is 2.03 bits per heavy atom. The Balaban J connectivity index is 1.25. The summed E-state index contributed by atoms with van der Waals surface area (Å²) in [5.74, 6) is -0.267. The van der Waals surface area contributed by atoms with Gasteiger partial charge >= 0.3 is 0 Å². The lowest BCUT2D eigenvalue weighted by atomic mass is 9.98. The number of aromatic amines is 1. The molecule has 3 atom stereocenters. The number of carbonyl (C=O) groups excluding carboxylic acids is 2. The third-order valence-electron chi connectivity index (χ3n) is 7.61. The molecule has 10 heteroatoms. The van der Waals surface area contributed by atoms with Crippen LogP contribution in [0.3, 0.4) is 0 Å². The van der Waals surface area contributed by atoms with Crippen molar-refractivity contribution in [2.24, 2.45) is 0 Å². The third kappa shape index (κ3) is 6.20. The molecule has 2 N–H and O–H groups in total. The number of amides is 2. The monoisotopic (exact) mass is 572 g/mol. The summed E-state index contributed by atoms with van der Waals surface area (Å²) in [4.78, 5) is 28.4. The van der Waals surface area contributed by atoms with E-state index < -0.39 is 0 Å². The number of hydrogen-bond acceptors (Lipinski definition) is 5. The number of ether oxygens (including phenoxy) is 1. The number of likely N-dealkylation sites (tertiary alicyclic amines) is 1. The fraction of sp³-hybridized carbons (Fsp3) is 0.464. The number of hydrogen-bond donors (Lipinski definition) is 2. The van der Waals surface area contributed by atoms with Gasteiger partial charge in [0.1, 0.15) is 0 Å². The van der Waals surface area contributed by atoms with Crippen molar-refractivity contribution < 1.29 is 14.3 Å². The zero-order chi connectivity index (χ0) is 26.6. The molecule has 1 aromatic heterocycles. The number of anilines is 1. The van der Waals surface area contributed by atoms with E-state index in [9.17, 15) is 9.59 Å². The smallest absolute Gasteiger partial charge is 0.276 e. The SMILES string of the molecule is CSC1CC(COC2CCCCC2)N(C(=O)Cc2cc(Cl)c(NC(=O)c3n[nH]c4ccccc34)cc2P)C1. The van der Waals surface area contributed by atoms with Crippen molar-refractivity contribution in [3.05, 3.63) is 52.7 Å². The number of fused-ring (bicyclic) bond motifs is 1. The van der Waals surface area contributed by atoms with Crippen LogP contribution in [0.15, 0.2) is 36.4 Å². The maximum atomic E-state index is 13.5. The normalized spacial score (nSPS) is 20.2. The molecule has 1 aliphatic heterocycles. The summed E-state index contributed by atoms with van der Waals surface area (Å²) in [7, 11) is 2.67. The summed E-state index contributed by atoms with van der Waals surface area (Å²) >= 11 is 8.39. The van der Waals surface area contributed by atoms with Gasteiger partial charge in [-0.1, -0.05) is 49.1 Å². The van der Waals surface area contributed by atoms with Gasteiger partial charge in [-0.2, -0.15) is 16.9 Å². The molecule has 2 aromatic carbocycles. The number of halogens is 1. The lowest BCUT2D eigenvalue weighted by Gasteiger charge is -2.28. The summed E-state index contributed by atoms with van der Waals surface area (Å²) in [6.45, 7) is 1.35. The number of aromatic nitrogens is 2. The van der Waals surface area contributed by atoms with Crippen LogP contribution in [0.5, 0.6) is 0 Å². The maximum absolute atomic E-state index is 13.5. The Morgan fingerprint density at radius 1 is 1.24 bits per heavy atom. The van der Waals surface area contributed by atoms with Gasteiger partial charge in [0.2, 0.25) is 5.91 Å². The molecular weight excluding hydrogens is 539 g/mol. The number of H-pyrrole nitrogens is 1. The second kappa shape index (κ2) is 12.4. The van der Waals surface area contributed by atoms with Crippen molar-refractivity contribution in [1.82, 2.24) is 15.1 Å². The van der Waals surface area contributed by atoms with Crippen LogP contribution in [-0.4, -0.2) is 63.7 Å². The van der Waals surface area contributed by atoms with E-state index in [2.05, 4.69) is 31.0 Å². The van der Waals surface area contributed by atoms with Gasteiger partial charge in [0.05, 0.1) is 41.4 Å². The molecule has 5 rings (SSSR count). The van der Waals surface area contributed by atoms with Gasteiger partial charge in [0.25, 0.3) is 5.91 Å². The molecule has 2 aliphatic rings. The minimum Gasteiger partial charge on any atom is -0.376 e. The molecule has 2 fully saturated rings. The van der Waals surface area contributed by atoms with Crippen LogP contribution in [0, 0.1) is 0 Å². The highest BCUT2D eigenvalue weighted by molar-refractivity contribution is 7.99. The average molecular weight is 573 g/mol. The topological polar surface area (TPSA) is 87.3 Å². The summed E-state index contributed by atoms with van der Waals surface area (Å²) < 4.78 is 6.27. The van der Waals surface area contributed by atoms with Crippen LogP contribution in [0.25, 0.3) is 10.9 Å². The number of nitrogens with zero attached hydrogens (tertiary/aromatic N) is 2. The van der Waals surface area contributed by atoms with E-state index in [0.29, 0.717) is 34.4 Å². The van der Waals surface area contributed by atoms with E-state index in [4.69, 9.17) is 16.3 Å². The molecule has 2 amide bonds. The van der Waals surface area contributed by atoms with Gasteiger partial charge in [-0.05, 0) is 54.6 Å². The number of nitrogens with one attached hydrogen (secondary N) is 2. The predicted molar refractivity (Wildman–Crippen MR) is 159 cm³/mol. The number of thioether (sulfide) groups is 1. The van der Waals surface area contributed by atoms with E-state index in [1.165, 1.54) is 19.3 Å². The molecule has 1 saturated heterocycles. The minimum absolute atomic E-state index is 0.0818. The quantitative estimate of drug-likeness (QED) is 0.363. The van der Waals surface area contributed by atoms with Crippen LogP contribution in [-0.2, 0) is 16.0 Å². The van der Waals surface area contributed by atoms with Crippen molar-refractivity contribution in [3.8, 4) is 0 Å². The molecule has 202 valence electrons. The fourth-order valence-corrected chi connectivity index (χ4v) is 6.76. The van der Waals surface area contributed by atoms with Crippen LogP contribution in [0.1, 0.15) is 54.6 Å². The Bertz CT molecular complexity index is 1310. The van der Waals surface area contributed by atoms with Crippen LogP contribution in [0.4, 0.5) is 5.69 Å². The van der Waals surface area contributed by atoms with Crippen LogP contribution >= 0.6 is 32.6 Å². The fourth-order valence-electron chi connectivity index (χ4n) is 5.45. The molecule has 0 bridgehead atoms. The van der Waals surface area contributed by atoms with Crippen molar-refractivity contribution in [2.45, 2.75) is 62.3 Å². The molecular formula is C28H34ClN4O3PS. The highest BCUT2D eigenvalue weighted by atomic mass is 35.5. The first-order chi connectivity index (χ1) is 18.4. The van der Waals surface area contributed by atoms with E-state index in [0.717, 1.165) is 47.6 Å². The van der Waals surface area contributed by atoms with Gasteiger partial charge in [0, 0.05) is 17.2 Å². The Hall–Kier alpha value is -2.12. The first-order valence-electron chi connectivity index (χ1n) is 13.2. The summed E-state index contributed by atoms with van der Waals surface area (Å²) in [6.07, 6.45) is 9.66. The molecule has 0 radical (unpaired) electrons. The van der Waals surface area contributed by atoms with E-state index in [1.807, 2.05) is 40.9 Å². The Morgan fingerprint density at radius 3 is 2.82 bits per heavy atom. The number of benzene rings is 2. The molecule has 38 heavy (non-hydrogen) atoms. The zero-order valence-electron chi connectivity index (χ0n) is 21.5. The van der Waals surface area contributed by atoms with E-state index in [1.54, 1.807) is 12.1 Å². The largest absolute Gasteiger partial charge is 0.376 e. The van der Waals surface area contributed by atoms with Gasteiger partial charge in [-0.3, -0.25) is 14.7 Å². The Labute approximate surface area is 235 Å². The number of rotatable bonds is 8. The standard InChI is InChI=1S/C28H34ClN4O3PS/c1-38-20-13-18(16-36-19-7-3-2-4-8-19)33(15-20)26(34)12-17-11-22(29)24(14-25(17)37)30-28(35)27-21-9-5-6-10-23(21)31-32-27/h5-6,9-11,14,18-20H,2-4,7-8,12-13,15-16,37H2,1H3,(H,30,35)(H,31,32). The second-order valence-electron chi connectivity index (χ2n) is 10.2. The summed E-state index contributed by atoms with van der Waals surface area (Å²) in [5.41, 5.74) is 2.40. The van der Waals surface area contributed by atoms with Gasteiger partial charge in [0.15, 0.2) is 5.69 Å². The molecule has 1 aliphatic carbocycles. The molecule has 2 heterocycles. The summed E-state index contributed by atoms with van der Waals surface area (Å²) in [5, 5.41) is 12.3. The summed E-state index contributed by atoms with van der Waals surface area (Å²) in [6, 6.07) is 11.1. The number of para-hydroxylation sites is 1. The van der Waals surface area contributed by atoms with Crippen molar-refractivity contribution in [3.63, 3.8) is 0 Å². The highest BCUT2D eigenvalue weighted by Gasteiger charge is 2.35.